The third kappa shape index (κ3) is 7.09. The van der Waals surface area contributed by atoms with Crippen molar-refractivity contribution in [1.29, 1.82) is 0 Å². The Labute approximate surface area is 265 Å². The molecule has 0 aliphatic rings. The number of hydrogen-bond acceptors (Lipinski definition) is 7. The second-order valence-corrected chi connectivity index (χ2v) is 13.2. The van der Waals surface area contributed by atoms with Gasteiger partial charge in [-0.05, 0) is 78.4 Å². The molecule has 234 valence electrons. The topological polar surface area (TPSA) is 100 Å². The second-order valence-electron chi connectivity index (χ2n) is 11.2. The molecule has 0 saturated carbocycles. The molecule has 45 heavy (non-hydrogen) atoms. The quantitative estimate of drug-likeness (QED) is 0.108. The number of methoxy groups -OCH3 is 1. The van der Waals surface area contributed by atoms with Crippen LogP contribution in [0.4, 0.5) is 0 Å². The second kappa shape index (κ2) is 13.6. The van der Waals surface area contributed by atoms with E-state index in [1.54, 1.807) is 19.2 Å². The molecule has 5 aromatic rings. The molecule has 0 radical (unpaired) electrons. The highest BCUT2D eigenvalue weighted by molar-refractivity contribution is 7.92. The smallest absolute Gasteiger partial charge is 0.321 e. The van der Waals surface area contributed by atoms with Crippen molar-refractivity contribution in [1.82, 2.24) is 14.5 Å². The minimum absolute atomic E-state index is 0.0818. The summed E-state index contributed by atoms with van der Waals surface area (Å²) in [7, 11) is -2.39. The highest BCUT2D eigenvalue weighted by Gasteiger charge is 2.25. The molecule has 0 fully saturated rings. The van der Waals surface area contributed by atoms with E-state index >= 15 is 0 Å². The van der Waals surface area contributed by atoms with Crippen LogP contribution in [0, 0.1) is 13.8 Å². The Morgan fingerprint density at radius 1 is 0.889 bits per heavy atom. The van der Waals surface area contributed by atoms with Crippen LogP contribution in [0.1, 0.15) is 49.3 Å². The zero-order chi connectivity index (χ0) is 32.1. The molecule has 2 heterocycles. The normalized spacial score (nSPS) is 11.6. The van der Waals surface area contributed by atoms with Gasteiger partial charge in [0.05, 0.1) is 25.2 Å². The van der Waals surface area contributed by atoms with Crippen molar-refractivity contribution in [2.24, 2.45) is 0 Å². The lowest BCUT2D eigenvalue weighted by Crippen LogP contribution is -2.20. The number of aryl methyl sites for hydroxylation is 3. The molecule has 0 unspecified atom stereocenters. The molecule has 0 N–H and O–H groups in total. The molecule has 0 aliphatic carbocycles. The average Bonchev–Trinajstić information content (AvgIpc) is 3.38. The van der Waals surface area contributed by atoms with Crippen molar-refractivity contribution >= 4 is 27.0 Å². The zero-order valence-electron chi connectivity index (χ0n) is 26.5. The van der Waals surface area contributed by atoms with E-state index in [2.05, 4.69) is 18.4 Å². The number of rotatable bonds is 12. The van der Waals surface area contributed by atoms with Gasteiger partial charge >= 0.3 is 5.97 Å². The van der Waals surface area contributed by atoms with Gasteiger partial charge in [0.15, 0.2) is 21.2 Å². The fraction of sp³-hybridized carbons (Fsp3) is 0.306. The van der Waals surface area contributed by atoms with Gasteiger partial charge in [-0.3, -0.25) is 4.79 Å². The van der Waals surface area contributed by atoms with Crippen LogP contribution in [0.15, 0.2) is 77.7 Å². The Morgan fingerprint density at radius 2 is 1.62 bits per heavy atom. The van der Waals surface area contributed by atoms with E-state index in [1.807, 2.05) is 74.5 Å². The summed E-state index contributed by atoms with van der Waals surface area (Å²) in [5, 5.41) is 0. The summed E-state index contributed by atoms with van der Waals surface area (Å²) >= 11 is 0. The predicted molar refractivity (Wildman–Crippen MR) is 177 cm³/mol. The maximum absolute atomic E-state index is 13.6. The Hall–Kier alpha value is -4.50. The lowest BCUT2D eigenvalue weighted by Gasteiger charge is -2.15. The Morgan fingerprint density at radius 3 is 2.33 bits per heavy atom. The molecule has 0 saturated heterocycles. The van der Waals surface area contributed by atoms with Gasteiger partial charge in [-0.1, -0.05) is 62.7 Å². The number of hydrogen-bond donors (Lipinski definition) is 0. The van der Waals surface area contributed by atoms with Crippen molar-refractivity contribution in [2.45, 2.75) is 58.4 Å². The minimum atomic E-state index is -4.00. The zero-order valence-corrected chi connectivity index (χ0v) is 27.3. The molecule has 0 atom stereocenters. The minimum Gasteiger partial charge on any atom is -0.497 e. The molecule has 2 aromatic heterocycles. The summed E-state index contributed by atoms with van der Waals surface area (Å²) in [6, 6.07) is 22.7. The van der Waals surface area contributed by atoms with Crippen LogP contribution in [0.3, 0.4) is 0 Å². The number of sulfone groups is 1. The number of ether oxygens (including phenoxy) is 2. The van der Waals surface area contributed by atoms with Crippen molar-refractivity contribution in [3.05, 3.63) is 95.4 Å². The number of carbonyl (C=O) groups excluding carboxylic acids is 1. The molecule has 9 heteroatoms. The Kier molecular flexibility index (Phi) is 9.68. The number of unbranched alkanes of at least 4 members (excludes halogenated alkanes) is 1. The van der Waals surface area contributed by atoms with Gasteiger partial charge < -0.3 is 14.0 Å². The van der Waals surface area contributed by atoms with Crippen LogP contribution in [0.5, 0.6) is 5.75 Å². The summed E-state index contributed by atoms with van der Waals surface area (Å²) in [4.78, 5) is 22.2. The van der Waals surface area contributed by atoms with Crippen LogP contribution in [-0.4, -0.2) is 48.4 Å². The lowest BCUT2D eigenvalue weighted by molar-refractivity contribution is -0.140. The number of carbonyl (C=O) groups is 1. The number of pyridine rings is 1. The summed E-state index contributed by atoms with van der Waals surface area (Å²) in [6.45, 7) is 8.88. The van der Waals surface area contributed by atoms with Crippen LogP contribution >= 0.6 is 0 Å². The molecule has 0 aliphatic heterocycles. The van der Waals surface area contributed by atoms with Gasteiger partial charge in [-0.2, -0.15) is 0 Å². The number of fused-ring (bicyclic) bond motifs is 1. The van der Waals surface area contributed by atoms with Gasteiger partial charge in [0, 0.05) is 17.7 Å². The van der Waals surface area contributed by atoms with Crippen molar-refractivity contribution in [3.63, 3.8) is 0 Å². The van der Waals surface area contributed by atoms with Gasteiger partial charge in [-0.15, -0.1) is 0 Å². The highest BCUT2D eigenvalue weighted by Crippen LogP contribution is 2.34. The first-order valence-electron chi connectivity index (χ1n) is 15.2. The van der Waals surface area contributed by atoms with Gasteiger partial charge in [0.2, 0.25) is 0 Å². The van der Waals surface area contributed by atoms with Crippen LogP contribution in [0.25, 0.3) is 33.4 Å². The molecule has 0 amide bonds. The largest absolute Gasteiger partial charge is 0.497 e. The van der Waals surface area contributed by atoms with Crippen LogP contribution in [0.2, 0.25) is 0 Å². The van der Waals surface area contributed by atoms with E-state index in [0.717, 1.165) is 63.3 Å². The van der Waals surface area contributed by atoms with Crippen molar-refractivity contribution < 1.29 is 22.7 Å². The number of esters is 1. The summed E-state index contributed by atoms with van der Waals surface area (Å²) in [6.07, 6.45) is 2.30. The maximum atomic E-state index is 13.6. The van der Waals surface area contributed by atoms with E-state index < -0.39 is 21.6 Å². The highest BCUT2D eigenvalue weighted by atomic mass is 32.2. The lowest BCUT2D eigenvalue weighted by atomic mass is 9.98. The Bertz CT molecular complexity index is 1950. The Balaban J connectivity index is 1.53. The van der Waals surface area contributed by atoms with Gasteiger partial charge in [-0.25, -0.2) is 18.4 Å². The molecule has 3 aromatic carbocycles. The predicted octanol–water partition coefficient (Wildman–Crippen LogP) is 7.12. The molecule has 0 bridgehead atoms. The molecule has 5 rings (SSSR count). The first-order valence-corrected chi connectivity index (χ1v) is 16.9. The third-order valence-electron chi connectivity index (χ3n) is 7.81. The fourth-order valence-corrected chi connectivity index (χ4v) is 6.81. The van der Waals surface area contributed by atoms with Gasteiger partial charge in [0.25, 0.3) is 0 Å². The fourth-order valence-electron chi connectivity index (χ4n) is 5.47. The van der Waals surface area contributed by atoms with Crippen LogP contribution in [-0.2, 0) is 32.3 Å². The number of nitrogens with zero attached hydrogens (tertiary/aromatic N) is 3. The summed E-state index contributed by atoms with van der Waals surface area (Å²) in [5.41, 5.74) is 7.78. The first-order chi connectivity index (χ1) is 21.6. The SMILES string of the molecule is CCCCOC(=O)CS(=O)(=O)c1ccc(-c2cccc(OC)c2)cc1-c1ccc(Cn2c(CC)nc3c(C)cc(C)nc32)cc1. The number of imidazole rings is 1. The van der Waals surface area contributed by atoms with Crippen molar-refractivity contribution in [2.75, 3.05) is 19.5 Å². The van der Waals surface area contributed by atoms with E-state index in [0.29, 0.717) is 24.3 Å². The third-order valence-corrected chi connectivity index (χ3v) is 9.45. The van der Waals surface area contributed by atoms with E-state index in [1.165, 1.54) is 0 Å². The maximum Gasteiger partial charge on any atom is 0.321 e. The molecule has 0 spiro atoms. The van der Waals surface area contributed by atoms with Gasteiger partial charge in [0.1, 0.15) is 17.1 Å². The first kappa shape index (κ1) is 31.9. The summed E-state index contributed by atoms with van der Waals surface area (Å²) in [5.74, 6) is 0.184. The standard InChI is InChI=1S/C36H39N3O5S/c1-6-8-18-44-34(40)23-45(41,42)32-17-16-29(28-10-9-11-30(20-28)43-5)21-31(32)27-14-12-26(13-15-27)22-39-33(7-2)38-35-24(3)19-25(4)37-36(35)39/h9-17,19-21H,6-8,18,22-23H2,1-5H3. The molecule has 8 nitrogen and oxygen atoms in total. The summed E-state index contributed by atoms with van der Waals surface area (Å²) < 4.78 is 40.0. The average molecular weight is 626 g/mol. The van der Waals surface area contributed by atoms with Crippen molar-refractivity contribution in [3.8, 4) is 28.0 Å². The van der Waals surface area contributed by atoms with E-state index in [4.69, 9.17) is 19.4 Å². The van der Waals surface area contributed by atoms with Crippen LogP contribution < -0.4 is 4.74 Å². The van der Waals surface area contributed by atoms with E-state index in [-0.39, 0.29) is 11.5 Å². The number of benzene rings is 3. The van der Waals surface area contributed by atoms with E-state index in [9.17, 15) is 13.2 Å². The number of aromatic nitrogens is 3. The molecular weight excluding hydrogens is 586 g/mol. The molecular formula is C36H39N3O5S. The monoisotopic (exact) mass is 625 g/mol.